The van der Waals surface area contributed by atoms with Crippen LogP contribution in [0.2, 0.25) is 0 Å². The van der Waals surface area contributed by atoms with Gasteiger partial charge in [-0.1, -0.05) is 6.07 Å². The molecule has 1 aromatic heterocycles. The van der Waals surface area contributed by atoms with Crippen LogP contribution in [0.5, 0.6) is 5.88 Å². The topological polar surface area (TPSA) is 63.2 Å². The number of pyridine rings is 1. The van der Waals surface area contributed by atoms with Crippen LogP contribution in [0.4, 0.5) is 0 Å². The largest absolute Gasteiger partial charge is 0.475 e. The van der Waals surface area contributed by atoms with Crippen molar-refractivity contribution < 1.29 is 9.53 Å². The fourth-order valence-electron chi connectivity index (χ4n) is 2.26. The second kappa shape index (κ2) is 7.24. The number of nitrogens with one attached hydrogen (secondary N) is 2. The molecule has 0 spiro atoms. The van der Waals surface area contributed by atoms with Crippen LogP contribution in [0.15, 0.2) is 18.3 Å². The van der Waals surface area contributed by atoms with E-state index in [2.05, 4.69) is 15.6 Å². The van der Waals surface area contributed by atoms with Gasteiger partial charge in [-0.15, -0.1) is 0 Å². The Hall–Kier alpha value is -1.62. The molecule has 5 nitrogen and oxygen atoms in total. The number of amides is 1. The molecule has 2 heterocycles. The van der Waals surface area contributed by atoms with E-state index in [9.17, 15) is 4.79 Å². The lowest BCUT2D eigenvalue weighted by molar-refractivity contribution is -0.122. The van der Waals surface area contributed by atoms with Gasteiger partial charge in [-0.3, -0.25) is 4.79 Å². The van der Waals surface area contributed by atoms with Crippen molar-refractivity contribution in [2.45, 2.75) is 51.8 Å². The van der Waals surface area contributed by atoms with Crippen molar-refractivity contribution in [1.29, 1.82) is 0 Å². The molecule has 1 atom stereocenters. The quantitative estimate of drug-likeness (QED) is 0.858. The van der Waals surface area contributed by atoms with Crippen molar-refractivity contribution in [3.05, 3.63) is 23.9 Å². The third kappa shape index (κ3) is 4.20. The molecule has 1 aliphatic rings. The summed E-state index contributed by atoms with van der Waals surface area (Å²) < 4.78 is 5.69. The minimum absolute atomic E-state index is 0.0878. The molecule has 1 aromatic rings. The second-order valence-corrected chi connectivity index (χ2v) is 5.35. The van der Waals surface area contributed by atoms with Gasteiger partial charge in [0.1, 0.15) is 0 Å². The van der Waals surface area contributed by atoms with Crippen LogP contribution in [-0.2, 0) is 11.3 Å². The van der Waals surface area contributed by atoms with Crippen molar-refractivity contribution in [2.24, 2.45) is 0 Å². The molecule has 0 bridgehead atoms. The summed E-state index contributed by atoms with van der Waals surface area (Å²) in [5.41, 5.74) is 0.984. The van der Waals surface area contributed by atoms with E-state index in [4.69, 9.17) is 4.74 Å². The average Bonchev–Trinajstić information content (AvgIpc) is 2.62. The molecule has 110 valence electrons. The smallest absolute Gasteiger partial charge is 0.237 e. The van der Waals surface area contributed by atoms with E-state index in [0.29, 0.717) is 12.4 Å². The molecule has 1 saturated heterocycles. The zero-order valence-electron chi connectivity index (χ0n) is 12.2. The monoisotopic (exact) mass is 277 g/mol. The summed E-state index contributed by atoms with van der Waals surface area (Å²) in [7, 11) is 0. The SMILES string of the molecule is CC(C)Oc1ncccc1CNC1CCCCNC1=O. The molecular formula is C15H23N3O2. The molecule has 1 fully saturated rings. The highest BCUT2D eigenvalue weighted by Crippen LogP contribution is 2.16. The molecular weight excluding hydrogens is 254 g/mol. The first-order valence-corrected chi connectivity index (χ1v) is 7.28. The van der Waals surface area contributed by atoms with Gasteiger partial charge < -0.3 is 15.4 Å². The van der Waals surface area contributed by atoms with Crippen LogP contribution in [0.1, 0.15) is 38.7 Å². The minimum atomic E-state index is -0.121. The molecule has 1 unspecified atom stereocenters. The standard InChI is InChI=1S/C15H23N3O2/c1-11(2)20-15-12(6-5-9-17-15)10-18-13-7-3-4-8-16-14(13)19/h5-6,9,11,13,18H,3-4,7-8,10H2,1-2H3,(H,16,19). The van der Waals surface area contributed by atoms with Crippen LogP contribution in [-0.4, -0.2) is 29.6 Å². The zero-order chi connectivity index (χ0) is 14.4. The molecule has 1 amide bonds. The maximum absolute atomic E-state index is 11.9. The van der Waals surface area contributed by atoms with Gasteiger partial charge in [-0.25, -0.2) is 4.98 Å². The highest BCUT2D eigenvalue weighted by molar-refractivity contribution is 5.81. The molecule has 1 aliphatic heterocycles. The maximum atomic E-state index is 11.9. The summed E-state index contributed by atoms with van der Waals surface area (Å²) in [6.45, 7) is 5.33. The lowest BCUT2D eigenvalue weighted by Crippen LogP contribution is -2.42. The number of hydrogen-bond donors (Lipinski definition) is 2. The molecule has 0 aliphatic carbocycles. The molecule has 0 aromatic carbocycles. The van der Waals surface area contributed by atoms with Crippen molar-refractivity contribution in [2.75, 3.05) is 6.54 Å². The second-order valence-electron chi connectivity index (χ2n) is 5.35. The van der Waals surface area contributed by atoms with Gasteiger partial charge in [0.05, 0.1) is 12.1 Å². The number of ether oxygens (including phenoxy) is 1. The number of nitrogens with zero attached hydrogens (tertiary/aromatic N) is 1. The normalized spacial score (nSPS) is 19.6. The van der Waals surface area contributed by atoms with E-state index in [1.165, 1.54) is 0 Å². The first kappa shape index (κ1) is 14.8. The Morgan fingerprint density at radius 1 is 1.50 bits per heavy atom. The molecule has 0 saturated carbocycles. The van der Waals surface area contributed by atoms with Crippen molar-refractivity contribution >= 4 is 5.91 Å². The van der Waals surface area contributed by atoms with E-state index < -0.39 is 0 Å². The van der Waals surface area contributed by atoms with Crippen molar-refractivity contribution in [3.63, 3.8) is 0 Å². The molecule has 2 rings (SSSR count). The van der Waals surface area contributed by atoms with Crippen LogP contribution in [0.25, 0.3) is 0 Å². The Bertz CT molecular complexity index is 448. The minimum Gasteiger partial charge on any atom is -0.475 e. The first-order chi connectivity index (χ1) is 9.66. The van der Waals surface area contributed by atoms with Gasteiger partial charge in [-0.2, -0.15) is 0 Å². The Balaban J connectivity index is 1.97. The van der Waals surface area contributed by atoms with Crippen molar-refractivity contribution in [3.8, 4) is 5.88 Å². The van der Waals surface area contributed by atoms with E-state index in [1.54, 1.807) is 6.20 Å². The predicted octanol–water partition coefficient (Wildman–Crippen LogP) is 1.63. The van der Waals surface area contributed by atoms with Crippen LogP contribution in [0.3, 0.4) is 0 Å². The summed E-state index contributed by atoms with van der Waals surface area (Å²) in [4.78, 5) is 16.1. The van der Waals surface area contributed by atoms with Gasteiger partial charge in [0.15, 0.2) is 0 Å². The van der Waals surface area contributed by atoms with E-state index in [0.717, 1.165) is 31.4 Å². The number of carbonyl (C=O) groups excluding carboxylic acids is 1. The highest BCUT2D eigenvalue weighted by Gasteiger charge is 2.20. The number of aromatic nitrogens is 1. The third-order valence-corrected chi connectivity index (χ3v) is 3.27. The lowest BCUT2D eigenvalue weighted by atomic mass is 10.1. The van der Waals surface area contributed by atoms with E-state index >= 15 is 0 Å². The summed E-state index contributed by atoms with van der Waals surface area (Å²) >= 11 is 0. The lowest BCUT2D eigenvalue weighted by Gasteiger charge is -2.17. The summed E-state index contributed by atoms with van der Waals surface area (Å²) in [5.74, 6) is 0.738. The number of carbonyl (C=O) groups is 1. The fraction of sp³-hybridized carbons (Fsp3) is 0.600. The zero-order valence-corrected chi connectivity index (χ0v) is 12.2. The molecule has 5 heteroatoms. The van der Waals surface area contributed by atoms with Crippen LogP contribution in [0, 0.1) is 0 Å². The Morgan fingerprint density at radius 3 is 3.15 bits per heavy atom. The van der Waals surface area contributed by atoms with Crippen LogP contribution >= 0.6 is 0 Å². The van der Waals surface area contributed by atoms with Gasteiger partial charge in [0.25, 0.3) is 0 Å². The van der Waals surface area contributed by atoms with Crippen molar-refractivity contribution in [1.82, 2.24) is 15.6 Å². The Kier molecular flexibility index (Phi) is 5.35. The number of rotatable bonds is 5. The van der Waals surface area contributed by atoms with Crippen LogP contribution < -0.4 is 15.4 Å². The number of hydrogen-bond acceptors (Lipinski definition) is 4. The van der Waals surface area contributed by atoms with Gasteiger partial charge >= 0.3 is 0 Å². The Morgan fingerprint density at radius 2 is 2.35 bits per heavy atom. The summed E-state index contributed by atoms with van der Waals surface area (Å²) in [6, 6.07) is 3.74. The third-order valence-electron chi connectivity index (χ3n) is 3.27. The van der Waals surface area contributed by atoms with E-state index in [-0.39, 0.29) is 18.1 Å². The molecule has 20 heavy (non-hydrogen) atoms. The van der Waals surface area contributed by atoms with E-state index in [1.807, 2.05) is 26.0 Å². The highest BCUT2D eigenvalue weighted by atomic mass is 16.5. The molecule has 2 N–H and O–H groups in total. The predicted molar refractivity (Wildman–Crippen MR) is 77.5 cm³/mol. The fourth-order valence-corrected chi connectivity index (χ4v) is 2.26. The molecule has 0 radical (unpaired) electrons. The van der Waals surface area contributed by atoms with Gasteiger partial charge in [0, 0.05) is 24.8 Å². The van der Waals surface area contributed by atoms with Gasteiger partial charge in [0.2, 0.25) is 11.8 Å². The Labute approximate surface area is 120 Å². The summed E-state index contributed by atoms with van der Waals surface area (Å²) in [6.07, 6.45) is 4.81. The van der Waals surface area contributed by atoms with Gasteiger partial charge in [-0.05, 0) is 39.2 Å². The first-order valence-electron chi connectivity index (χ1n) is 7.28. The summed E-state index contributed by atoms with van der Waals surface area (Å²) in [5, 5.41) is 6.24. The average molecular weight is 277 g/mol. The maximum Gasteiger partial charge on any atom is 0.237 e.